The number of hydrogen-bond acceptors (Lipinski definition) is 7. The number of nitrogen functional groups attached to an aromatic ring is 1. The quantitative estimate of drug-likeness (QED) is 0.333. The molecule has 226 valence electrons. The number of benzene rings is 1. The monoisotopic (exact) mass is 575 g/mol. The number of Topliss-reactive ketones (excluding diaryl/α,β-unsaturated/α-hetero) is 1. The van der Waals surface area contributed by atoms with Gasteiger partial charge >= 0.3 is 5.97 Å². The summed E-state index contributed by atoms with van der Waals surface area (Å²) in [4.78, 5) is 39.1. The first-order chi connectivity index (χ1) is 19.9. The molecule has 42 heavy (non-hydrogen) atoms. The fourth-order valence-corrected chi connectivity index (χ4v) is 9.65. The van der Waals surface area contributed by atoms with E-state index in [1.54, 1.807) is 19.9 Å². The molecular weight excluding hydrogens is 530 g/mol. The maximum Gasteiger partial charge on any atom is 0.308 e. The molecule has 1 aromatic carbocycles. The standard InChI is InChI=1S/C35H45NO6/c1-6-22-18-34(5)27(26-12-9-23-16-25(37)13-14-33(23,4)31(22)26)17-29-35(34,28(38)19-40-32(39)20(2)3)42-30(41-29)15-21-7-10-24(36)11-8-21/h7-8,10-11,13-14,16,20,22,26-27,29-31H,6,9,12,15,17-19,36H2,1-5H3/t22-,26-,27-,29+,30?,31-,33-,34-,35+/m0/s1. The predicted octanol–water partition coefficient (Wildman–Crippen LogP) is 5.61. The molecule has 1 aliphatic heterocycles. The van der Waals surface area contributed by atoms with Crippen molar-refractivity contribution >= 4 is 23.2 Å². The zero-order valence-corrected chi connectivity index (χ0v) is 25.6. The van der Waals surface area contributed by atoms with Crippen LogP contribution in [0, 0.1) is 40.4 Å². The summed E-state index contributed by atoms with van der Waals surface area (Å²) in [6.45, 7) is 10.0. The Morgan fingerprint density at radius 3 is 2.60 bits per heavy atom. The highest BCUT2D eigenvalue weighted by Gasteiger charge is 2.75. The number of ketones is 2. The molecule has 2 N–H and O–H groups in total. The molecule has 1 aromatic rings. The van der Waals surface area contributed by atoms with Crippen LogP contribution in [0.3, 0.4) is 0 Å². The number of hydrogen-bond donors (Lipinski definition) is 1. The summed E-state index contributed by atoms with van der Waals surface area (Å²) >= 11 is 0. The maximum absolute atomic E-state index is 14.4. The molecule has 0 spiro atoms. The summed E-state index contributed by atoms with van der Waals surface area (Å²) in [5.74, 6) is 0.473. The number of fused-ring (bicyclic) bond motifs is 7. The average Bonchev–Trinajstić information content (AvgIpc) is 3.44. The lowest BCUT2D eigenvalue weighted by Crippen LogP contribution is -2.62. The van der Waals surface area contributed by atoms with Gasteiger partial charge < -0.3 is 19.9 Å². The van der Waals surface area contributed by atoms with Crippen LogP contribution in [0.25, 0.3) is 0 Å². The van der Waals surface area contributed by atoms with E-state index in [9.17, 15) is 14.4 Å². The molecule has 3 saturated carbocycles. The second-order valence-electron chi connectivity index (χ2n) is 14.1. The Bertz CT molecular complexity index is 1330. The van der Waals surface area contributed by atoms with Crippen LogP contribution in [-0.2, 0) is 35.0 Å². The van der Waals surface area contributed by atoms with Crippen LogP contribution in [0.5, 0.6) is 0 Å². The average molecular weight is 576 g/mol. The number of rotatable bonds is 7. The van der Waals surface area contributed by atoms with E-state index in [1.165, 1.54) is 5.57 Å². The van der Waals surface area contributed by atoms with Crippen molar-refractivity contribution in [2.75, 3.05) is 12.3 Å². The van der Waals surface area contributed by atoms with Crippen molar-refractivity contribution in [3.05, 3.63) is 53.6 Å². The Morgan fingerprint density at radius 1 is 1.17 bits per heavy atom. The summed E-state index contributed by atoms with van der Waals surface area (Å²) in [5.41, 5.74) is 7.03. The summed E-state index contributed by atoms with van der Waals surface area (Å²) in [6, 6.07) is 7.66. The number of anilines is 1. The van der Waals surface area contributed by atoms with E-state index in [0.717, 1.165) is 37.7 Å². The predicted molar refractivity (Wildman–Crippen MR) is 159 cm³/mol. The minimum atomic E-state index is -1.19. The third-order valence-corrected chi connectivity index (χ3v) is 11.6. The lowest BCUT2D eigenvalue weighted by molar-refractivity contribution is -0.194. The molecule has 9 atom stereocenters. The Hall–Kier alpha value is -2.77. The molecular formula is C35H45NO6. The Morgan fingerprint density at radius 2 is 1.90 bits per heavy atom. The minimum absolute atomic E-state index is 0.0828. The van der Waals surface area contributed by atoms with Crippen molar-refractivity contribution in [2.45, 2.75) is 91.1 Å². The second-order valence-corrected chi connectivity index (χ2v) is 14.1. The first-order valence-corrected chi connectivity index (χ1v) is 15.7. The molecule has 5 aliphatic rings. The molecule has 1 saturated heterocycles. The van der Waals surface area contributed by atoms with E-state index < -0.39 is 23.4 Å². The van der Waals surface area contributed by atoms with E-state index in [2.05, 4.69) is 26.8 Å². The van der Waals surface area contributed by atoms with Crippen LogP contribution in [-0.4, -0.2) is 42.1 Å². The van der Waals surface area contributed by atoms with Crippen molar-refractivity contribution in [1.82, 2.24) is 0 Å². The van der Waals surface area contributed by atoms with Gasteiger partial charge in [0, 0.05) is 22.9 Å². The number of nitrogens with two attached hydrogens (primary N) is 1. The van der Waals surface area contributed by atoms with Crippen LogP contribution in [0.1, 0.15) is 72.3 Å². The van der Waals surface area contributed by atoms with Gasteiger partial charge in [0.05, 0.1) is 12.0 Å². The Balaban J connectivity index is 1.36. The van der Waals surface area contributed by atoms with Crippen molar-refractivity contribution in [3.8, 4) is 0 Å². The van der Waals surface area contributed by atoms with Crippen molar-refractivity contribution < 1.29 is 28.6 Å². The topological polar surface area (TPSA) is 105 Å². The van der Waals surface area contributed by atoms with Crippen LogP contribution in [0.4, 0.5) is 5.69 Å². The minimum Gasteiger partial charge on any atom is -0.457 e. The summed E-state index contributed by atoms with van der Waals surface area (Å²) < 4.78 is 19.1. The van der Waals surface area contributed by atoms with Crippen molar-refractivity contribution in [3.63, 3.8) is 0 Å². The fourth-order valence-electron chi connectivity index (χ4n) is 9.65. The van der Waals surface area contributed by atoms with Crippen LogP contribution in [0.2, 0.25) is 0 Å². The van der Waals surface area contributed by atoms with E-state index in [4.69, 9.17) is 19.9 Å². The molecule has 4 fully saturated rings. The fraction of sp³-hybridized carbons (Fsp3) is 0.629. The normalized spacial score (nSPS) is 40.1. The van der Waals surface area contributed by atoms with E-state index in [0.29, 0.717) is 29.9 Å². The van der Waals surface area contributed by atoms with Crippen molar-refractivity contribution in [2.24, 2.45) is 40.4 Å². The van der Waals surface area contributed by atoms with Gasteiger partial charge in [-0.2, -0.15) is 0 Å². The van der Waals surface area contributed by atoms with Crippen molar-refractivity contribution in [1.29, 1.82) is 0 Å². The van der Waals surface area contributed by atoms with Gasteiger partial charge in [-0.3, -0.25) is 14.4 Å². The lowest BCUT2D eigenvalue weighted by atomic mass is 9.44. The first-order valence-electron chi connectivity index (χ1n) is 15.7. The highest BCUT2D eigenvalue weighted by Crippen LogP contribution is 2.71. The van der Waals surface area contributed by atoms with Gasteiger partial charge in [-0.15, -0.1) is 0 Å². The molecule has 7 nitrogen and oxygen atoms in total. The van der Waals surface area contributed by atoms with Gasteiger partial charge in [0.1, 0.15) is 0 Å². The summed E-state index contributed by atoms with van der Waals surface area (Å²) in [7, 11) is 0. The van der Waals surface area contributed by atoms with Gasteiger partial charge in [0.2, 0.25) is 5.78 Å². The molecule has 0 amide bonds. The third-order valence-electron chi connectivity index (χ3n) is 11.6. The van der Waals surface area contributed by atoms with Gasteiger partial charge in [0.25, 0.3) is 0 Å². The Kier molecular flexibility index (Phi) is 7.29. The SMILES string of the molecule is CC[C@H]1C[C@@]2(C)[C@@H](C[C@H]3OC(Cc4ccc(N)cc4)O[C@]32C(=O)COC(=O)C(C)C)[C@@H]2CCC3=CC(=O)C=C[C@]3(C)[C@@H]12. The number of carbonyl (C=O) groups excluding carboxylic acids is 3. The van der Waals surface area contributed by atoms with Gasteiger partial charge in [-0.05, 0) is 79.2 Å². The van der Waals surface area contributed by atoms with E-state index >= 15 is 0 Å². The van der Waals surface area contributed by atoms with Crippen LogP contribution >= 0.6 is 0 Å². The molecule has 4 aliphatic carbocycles. The highest BCUT2D eigenvalue weighted by molar-refractivity contribution is 6.01. The molecule has 6 rings (SSSR count). The van der Waals surface area contributed by atoms with Gasteiger partial charge in [0.15, 0.2) is 24.3 Å². The van der Waals surface area contributed by atoms with Crippen LogP contribution in [0.15, 0.2) is 48.1 Å². The Labute approximate surface area is 249 Å². The first kappa shape index (κ1) is 29.3. The summed E-state index contributed by atoms with van der Waals surface area (Å²) in [5, 5.41) is 0. The second kappa shape index (κ2) is 10.4. The number of esters is 1. The van der Waals surface area contributed by atoms with E-state index in [1.807, 2.05) is 30.3 Å². The molecule has 7 heteroatoms. The van der Waals surface area contributed by atoms with Crippen LogP contribution < -0.4 is 5.73 Å². The van der Waals surface area contributed by atoms with Gasteiger partial charge in [-0.1, -0.05) is 64.8 Å². The number of allylic oxidation sites excluding steroid dienone is 4. The number of ether oxygens (including phenoxy) is 3. The molecule has 0 bridgehead atoms. The van der Waals surface area contributed by atoms with E-state index in [-0.39, 0.29) is 41.4 Å². The zero-order valence-electron chi connectivity index (χ0n) is 25.6. The van der Waals surface area contributed by atoms with Gasteiger partial charge in [-0.25, -0.2) is 0 Å². The molecule has 1 unspecified atom stereocenters. The molecule has 1 heterocycles. The molecule has 0 radical (unpaired) electrons. The third kappa shape index (κ3) is 4.33. The maximum atomic E-state index is 14.4. The largest absolute Gasteiger partial charge is 0.457 e. The number of carbonyl (C=O) groups is 3. The smallest absolute Gasteiger partial charge is 0.308 e. The molecule has 0 aromatic heterocycles. The summed E-state index contributed by atoms with van der Waals surface area (Å²) in [6.07, 6.45) is 9.67. The lowest BCUT2D eigenvalue weighted by Gasteiger charge is -2.61. The highest BCUT2D eigenvalue weighted by atomic mass is 16.7. The zero-order chi connectivity index (χ0) is 30.0.